The van der Waals surface area contributed by atoms with Crippen LogP contribution in [0.3, 0.4) is 0 Å². The van der Waals surface area contributed by atoms with Crippen LogP contribution in [0.2, 0.25) is 0 Å². The Hall–Kier alpha value is -2.33. The fraction of sp³-hybridized carbons (Fsp3) is 0.316. The molecule has 2 aromatic rings. The van der Waals surface area contributed by atoms with Gasteiger partial charge in [0.2, 0.25) is 0 Å². The molecule has 0 radical (unpaired) electrons. The van der Waals surface area contributed by atoms with Crippen LogP contribution >= 0.6 is 0 Å². The van der Waals surface area contributed by atoms with Gasteiger partial charge in [-0.25, -0.2) is 4.79 Å². The summed E-state index contributed by atoms with van der Waals surface area (Å²) >= 11 is 0. The van der Waals surface area contributed by atoms with Crippen molar-refractivity contribution in [1.82, 2.24) is 4.90 Å². The molecule has 0 unspecified atom stereocenters. The van der Waals surface area contributed by atoms with Crippen LogP contribution in [0.5, 0.6) is 0 Å². The lowest BCUT2D eigenvalue weighted by Gasteiger charge is -2.29. The minimum atomic E-state index is -0.404. The van der Waals surface area contributed by atoms with E-state index in [1.54, 1.807) is 4.90 Å². The zero-order chi connectivity index (χ0) is 16.5. The third-order valence-electron chi connectivity index (χ3n) is 3.76. The predicted molar refractivity (Wildman–Crippen MR) is 89.8 cm³/mol. The van der Waals surface area contributed by atoms with Crippen LogP contribution in [0.15, 0.2) is 60.7 Å². The largest absolute Gasteiger partial charge is 0.445 e. The van der Waals surface area contributed by atoms with Crippen LogP contribution in [-0.2, 0) is 17.9 Å². The van der Waals surface area contributed by atoms with E-state index in [-0.39, 0.29) is 19.3 Å². The van der Waals surface area contributed by atoms with E-state index in [0.29, 0.717) is 13.0 Å². The lowest BCUT2D eigenvalue weighted by Crippen LogP contribution is -2.41. The first-order valence-electron chi connectivity index (χ1n) is 7.86. The Morgan fingerprint density at radius 1 is 1.04 bits per heavy atom. The normalized spacial score (nSPS) is 11.7. The molecule has 0 fully saturated rings. The number of ether oxygens (including phenoxy) is 1. The molecule has 0 saturated heterocycles. The number of aliphatic hydroxyl groups is 1. The Balaban J connectivity index is 2.04. The number of rotatable bonds is 7. The third kappa shape index (κ3) is 5.11. The molecule has 0 aromatic heterocycles. The molecule has 2 rings (SSSR count). The summed E-state index contributed by atoms with van der Waals surface area (Å²) in [5.74, 6) is 0. The molecule has 0 aliphatic carbocycles. The highest BCUT2D eigenvalue weighted by molar-refractivity contribution is 5.68. The lowest BCUT2D eigenvalue weighted by atomic mass is 10.1. The zero-order valence-corrected chi connectivity index (χ0v) is 13.4. The summed E-state index contributed by atoms with van der Waals surface area (Å²) in [6, 6.07) is 19.0. The van der Waals surface area contributed by atoms with E-state index < -0.39 is 6.09 Å². The molecule has 4 nitrogen and oxygen atoms in total. The number of amides is 1. The van der Waals surface area contributed by atoms with Crippen molar-refractivity contribution in [3.8, 4) is 0 Å². The van der Waals surface area contributed by atoms with Gasteiger partial charge in [0.05, 0.1) is 12.6 Å². The summed E-state index contributed by atoms with van der Waals surface area (Å²) in [6.07, 6.45) is 0.266. The smallest absolute Gasteiger partial charge is 0.410 e. The van der Waals surface area contributed by atoms with Crippen molar-refractivity contribution < 1.29 is 14.6 Å². The first kappa shape index (κ1) is 17.0. The summed E-state index contributed by atoms with van der Waals surface area (Å²) in [4.78, 5) is 14.1. The maximum atomic E-state index is 12.5. The first-order valence-corrected chi connectivity index (χ1v) is 7.86. The van der Waals surface area contributed by atoms with Gasteiger partial charge in [0.25, 0.3) is 0 Å². The molecular weight excluding hydrogens is 290 g/mol. The molecule has 0 aliphatic rings. The molecule has 1 atom stereocenters. The Bertz CT molecular complexity index is 582. The van der Waals surface area contributed by atoms with Gasteiger partial charge in [0.15, 0.2) is 0 Å². The molecule has 1 amide bonds. The van der Waals surface area contributed by atoms with Gasteiger partial charge in [0, 0.05) is 6.54 Å². The van der Waals surface area contributed by atoms with E-state index in [1.165, 1.54) is 0 Å². The van der Waals surface area contributed by atoms with E-state index in [9.17, 15) is 9.90 Å². The number of benzene rings is 2. The van der Waals surface area contributed by atoms with Gasteiger partial charge in [-0.2, -0.15) is 0 Å². The monoisotopic (exact) mass is 313 g/mol. The second kappa shape index (κ2) is 8.96. The molecule has 0 heterocycles. The van der Waals surface area contributed by atoms with Crippen LogP contribution in [0.1, 0.15) is 24.5 Å². The van der Waals surface area contributed by atoms with Crippen molar-refractivity contribution in [1.29, 1.82) is 0 Å². The van der Waals surface area contributed by atoms with E-state index in [1.807, 2.05) is 67.6 Å². The summed E-state index contributed by atoms with van der Waals surface area (Å²) in [7, 11) is 0. The molecule has 0 spiro atoms. The van der Waals surface area contributed by atoms with Gasteiger partial charge in [-0.05, 0) is 17.5 Å². The molecule has 4 heteroatoms. The van der Waals surface area contributed by atoms with Gasteiger partial charge in [-0.3, -0.25) is 4.90 Å². The van der Waals surface area contributed by atoms with E-state index in [2.05, 4.69) is 0 Å². The summed E-state index contributed by atoms with van der Waals surface area (Å²) in [5.41, 5.74) is 1.95. The maximum Gasteiger partial charge on any atom is 0.410 e. The molecule has 1 N–H and O–H groups in total. The highest BCUT2D eigenvalue weighted by atomic mass is 16.6. The van der Waals surface area contributed by atoms with Crippen LogP contribution < -0.4 is 0 Å². The van der Waals surface area contributed by atoms with Gasteiger partial charge in [-0.1, -0.05) is 67.6 Å². The van der Waals surface area contributed by atoms with Crippen LogP contribution in [0, 0.1) is 0 Å². The number of carbonyl (C=O) groups is 1. The zero-order valence-electron chi connectivity index (χ0n) is 13.4. The standard InChI is InChI=1S/C19H23NO3/c1-2-18(14-21)20(13-16-9-5-3-6-10-16)19(22)23-15-17-11-7-4-8-12-17/h3-12,18,21H,2,13-15H2,1H3/t18-/m1/s1. The van der Waals surface area contributed by atoms with E-state index in [0.717, 1.165) is 11.1 Å². The summed E-state index contributed by atoms with van der Waals surface area (Å²) < 4.78 is 5.42. The summed E-state index contributed by atoms with van der Waals surface area (Å²) in [5, 5.41) is 9.56. The average molecular weight is 313 g/mol. The SMILES string of the molecule is CC[C@H](CO)N(Cc1ccccc1)C(=O)OCc1ccccc1. The molecule has 2 aromatic carbocycles. The van der Waals surface area contributed by atoms with Crippen molar-refractivity contribution >= 4 is 6.09 Å². The summed E-state index contributed by atoms with van der Waals surface area (Å²) in [6.45, 7) is 2.52. The predicted octanol–water partition coefficient (Wildman–Crippen LogP) is 3.60. The van der Waals surface area contributed by atoms with Crippen LogP contribution in [0.4, 0.5) is 4.79 Å². The number of hydrogen-bond acceptors (Lipinski definition) is 3. The minimum Gasteiger partial charge on any atom is -0.445 e. The maximum absolute atomic E-state index is 12.5. The minimum absolute atomic E-state index is 0.0796. The first-order chi connectivity index (χ1) is 11.2. The fourth-order valence-corrected chi connectivity index (χ4v) is 2.37. The van der Waals surface area contributed by atoms with Gasteiger partial charge in [0.1, 0.15) is 6.61 Å². The topological polar surface area (TPSA) is 49.8 Å². The molecule has 0 aliphatic heterocycles. The molecule has 122 valence electrons. The number of hydrogen-bond donors (Lipinski definition) is 1. The Labute approximate surface area is 137 Å². The quantitative estimate of drug-likeness (QED) is 0.849. The molecule has 0 bridgehead atoms. The molecule has 23 heavy (non-hydrogen) atoms. The second-order valence-electron chi connectivity index (χ2n) is 5.40. The van der Waals surface area contributed by atoms with Crippen LogP contribution in [-0.4, -0.2) is 28.7 Å². The fourth-order valence-electron chi connectivity index (χ4n) is 2.37. The number of aliphatic hydroxyl groups excluding tert-OH is 1. The van der Waals surface area contributed by atoms with Gasteiger partial charge < -0.3 is 9.84 Å². The van der Waals surface area contributed by atoms with Crippen molar-refractivity contribution in [3.63, 3.8) is 0 Å². The van der Waals surface area contributed by atoms with E-state index in [4.69, 9.17) is 4.74 Å². The highest BCUT2D eigenvalue weighted by Gasteiger charge is 2.23. The van der Waals surface area contributed by atoms with E-state index >= 15 is 0 Å². The number of carbonyl (C=O) groups excluding carboxylic acids is 1. The van der Waals surface area contributed by atoms with Crippen molar-refractivity contribution in [3.05, 3.63) is 71.8 Å². The Kier molecular flexibility index (Phi) is 6.63. The van der Waals surface area contributed by atoms with Gasteiger partial charge >= 0.3 is 6.09 Å². The number of nitrogens with zero attached hydrogens (tertiary/aromatic N) is 1. The molecule has 0 saturated carbocycles. The Morgan fingerprint density at radius 3 is 2.13 bits per heavy atom. The third-order valence-corrected chi connectivity index (χ3v) is 3.76. The lowest BCUT2D eigenvalue weighted by molar-refractivity contribution is 0.0595. The Morgan fingerprint density at radius 2 is 1.61 bits per heavy atom. The van der Waals surface area contributed by atoms with Crippen molar-refractivity contribution in [2.24, 2.45) is 0 Å². The average Bonchev–Trinajstić information content (AvgIpc) is 2.61. The van der Waals surface area contributed by atoms with Crippen molar-refractivity contribution in [2.75, 3.05) is 6.61 Å². The van der Waals surface area contributed by atoms with Gasteiger partial charge in [-0.15, -0.1) is 0 Å². The van der Waals surface area contributed by atoms with Crippen LogP contribution in [0.25, 0.3) is 0 Å². The second-order valence-corrected chi connectivity index (χ2v) is 5.40. The molecular formula is C19H23NO3. The van der Waals surface area contributed by atoms with Crippen molar-refractivity contribution in [2.45, 2.75) is 32.5 Å². The highest BCUT2D eigenvalue weighted by Crippen LogP contribution is 2.13.